The van der Waals surface area contributed by atoms with Crippen molar-refractivity contribution in [3.63, 3.8) is 0 Å². The number of pyridine rings is 1. The smallest absolute Gasteiger partial charge is 0.157 e. The summed E-state index contributed by atoms with van der Waals surface area (Å²) >= 11 is 0. The molecule has 1 fully saturated rings. The molecule has 0 aliphatic carbocycles. The lowest BCUT2D eigenvalue weighted by molar-refractivity contribution is 0.200. The van der Waals surface area contributed by atoms with E-state index in [-0.39, 0.29) is 0 Å². The fraction of sp³-hybridized carbons (Fsp3) is 0.308. The van der Waals surface area contributed by atoms with Crippen molar-refractivity contribution < 1.29 is 9.47 Å². The second-order valence-corrected chi connectivity index (χ2v) is 8.28. The molecular formula is C26H27N5O2. The third-order valence-corrected chi connectivity index (χ3v) is 6.30. The maximum atomic E-state index is 9.73. The second kappa shape index (κ2) is 9.00. The van der Waals surface area contributed by atoms with E-state index in [1.165, 1.54) is 0 Å². The van der Waals surface area contributed by atoms with Gasteiger partial charge >= 0.3 is 0 Å². The van der Waals surface area contributed by atoms with Crippen LogP contribution in [0.4, 0.5) is 5.82 Å². The van der Waals surface area contributed by atoms with E-state index < -0.39 is 0 Å². The highest BCUT2D eigenvalue weighted by Crippen LogP contribution is 2.29. The summed E-state index contributed by atoms with van der Waals surface area (Å²) in [7, 11) is 1.66. The summed E-state index contributed by atoms with van der Waals surface area (Å²) in [5, 5.41) is 9.73. The van der Waals surface area contributed by atoms with Crippen LogP contribution in [0, 0.1) is 18.3 Å². The van der Waals surface area contributed by atoms with Gasteiger partial charge in [-0.3, -0.25) is 9.30 Å². The first-order valence-corrected chi connectivity index (χ1v) is 11.2. The number of ether oxygens (including phenoxy) is 2. The number of nitriles is 1. The van der Waals surface area contributed by atoms with Crippen molar-refractivity contribution in [1.82, 2.24) is 14.3 Å². The minimum Gasteiger partial charge on any atom is -0.497 e. The lowest BCUT2D eigenvalue weighted by Gasteiger charge is -2.36. The fourth-order valence-electron chi connectivity index (χ4n) is 4.47. The van der Waals surface area contributed by atoms with Crippen molar-refractivity contribution in [3.8, 4) is 17.6 Å². The predicted octanol–water partition coefficient (Wildman–Crippen LogP) is 3.88. The number of aromatic nitrogens is 2. The van der Waals surface area contributed by atoms with Gasteiger partial charge in [0.25, 0.3) is 0 Å². The van der Waals surface area contributed by atoms with Crippen LogP contribution in [0.5, 0.6) is 11.5 Å². The number of rotatable bonds is 6. The number of para-hydroxylation sites is 2. The van der Waals surface area contributed by atoms with Gasteiger partial charge < -0.3 is 14.4 Å². The van der Waals surface area contributed by atoms with Crippen LogP contribution in [0.25, 0.3) is 16.7 Å². The summed E-state index contributed by atoms with van der Waals surface area (Å²) in [4.78, 5) is 9.61. The molecule has 0 unspecified atom stereocenters. The predicted molar refractivity (Wildman–Crippen MR) is 129 cm³/mol. The quantitative estimate of drug-likeness (QED) is 0.453. The first-order chi connectivity index (χ1) is 16.2. The number of aryl methyl sites for hydroxylation is 1. The fourth-order valence-corrected chi connectivity index (χ4v) is 4.47. The van der Waals surface area contributed by atoms with Gasteiger partial charge in [0.05, 0.1) is 23.7 Å². The van der Waals surface area contributed by atoms with Gasteiger partial charge in [-0.15, -0.1) is 0 Å². The zero-order chi connectivity index (χ0) is 22.8. The normalized spacial score (nSPS) is 14.5. The Labute approximate surface area is 193 Å². The van der Waals surface area contributed by atoms with Crippen molar-refractivity contribution in [3.05, 3.63) is 65.7 Å². The molecule has 1 saturated heterocycles. The van der Waals surface area contributed by atoms with E-state index in [1.807, 2.05) is 49.4 Å². The van der Waals surface area contributed by atoms with Crippen molar-refractivity contribution in [1.29, 1.82) is 5.26 Å². The molecule has 2 aromatic carbocycles. The van der Waals surface area contributed by atoms with Crippen molar-refractivity contribution >= 4 is 22.5 Å². The highest BCUT2D eigenvalue weighted by Gasteiger charge is 2.22. The first kappa shape index (κ1) is 21.1. The molecule has 0 atom stereocenters. The number of imidazole rings is 1. The van der Waals surface area contributed by atoms with Crippen LogP contribution in [0.2, 0.25) is 0 Å². The third kappa shape index (κ3) is 4.06. The van der Waals surface area contributed by atoms with Gasteiger partial charge in [0.15, 0.2) is 5.65 Å². The monoisotopic (exact) mass is 441 g/mol. The van der Waals surface area contributed by atoms with Gasteiger partial charge in [0.1, 0.15) is 30.0 Å². The number of piperazine rings is 1. The zero-order valence-electron chi connectivity index (χ0n) is 19.0. The SMILES string of the molecule is COc1ccc(OCCN2CCN(c3cc(C)c(C#N)c4nc5ccccc5n34)CC2)cc1. The molecule has 4 aromatic rings. The number of benzene rings is 2. The van der Waals surface area contributed by atoms with E-state index in [9.17, 15) is 5.26 Å². The standard InChI is InChI=1S/C26H27N5O2/c1-19-17-25(31-24-6-4-3-5-23(24)28-26(31)22(19)18-27)30-13-11-29(12-14-30)15-16-33-21-9-7-20(32-2)8-10-21/h3-10,17H,11-16H2,1-2H3. The molecular weight excluding hydrogens is 414 g/mol. The van der Waals surface area contributed by atoms with E-state index in [0.29, 0.717) is 12.2 Å². The van der Waals surface area contributed by atoms with Crippen LogP contribution in [-0.2, 0) is 0 Å². The molecule has 1 aliphatic rings. The minimum absolute atomic E-state index is 0.643. The summed E-state index contributed by atoms with van der Waals surface area (Å²) in [5.41, 5.74) is 4.29. The topological polar surface area (TPSA) is 66.0 Å². The number of fused-ring (bicyclic) bond motifs is 3. The molecule has 33 heavy (non-hydrogen) atoms. The van der Waals surface area contributed by atoms with Crippen LogP contribution in [0.15, 0.2) is 54.6 Å². The highest BCUT2D eigenvalue weighted by atomic mass is 16.5. The molecule has 0 amide bonds. The Morgan fingerprint density at radius 2 is 1.73 bits per heavy atom. The van der Waals surface area contributed by atoms with Gasteiger partial charge in [-0.25, -0.2) is 4.98 Å². The van der Waals surface area contributed by atoms with Crippen LogP contribution >= 0.6 is 0 Å². The van der Waals surface area contributed by atoms with E-state index in [0.717, 1.165) is 72.3 Å². The Kier molecular flexibility index (Phi) is 5.76. The van der Waals surface area contributed by atoms with Crippen LogP contribution < -0.4 is 14.4 Å². The second-order valence-electron chi connectivity index (χ2n) is 8.28. The molecule has 2 aromatic heterocycles. The molecule has 5 rings (SSSR count). The Balaban J connectivity index is 1.29. The van der Waals surface area contributed by atoms with E-state index >= 15 is 0 Å². The Hall–Kier alpha value is -3.76. The molecule has 1 aliphatic heterocycles. The lowest BCUT2D eigenvalue weighted by Crippen LogP contribution is -2.48. The van der Waals surface area contributed by atoms with E-state index in [4.69, 9.17) is 14.5 Å². The van der Waals surface area contributed by atoms with Gasteiger partial charge in [-0.2, -0.15) is 5.26 Å². The average Bonchev–Trinajstić information content (AvgIpc) is 3.24. The Morgan fingerprint density at radius 1 is 1.00 bits per heavy atom. The largest absolute Gasteiger partial charge is 0.497 e. The number of methoxy groups -OCH3 is 1. The minimum atomic E-state index is 0.643. The third-order valence-electron chi connectivity index (χ3n) is 6.30. The average molecular weight is 442 g/mol. The number of hydrogen-bond donors (Lipinski definition) is 0. The zero-order valence-corrected chi connectivity index (χ0v) is 19.0. The number of anilines is 1. The summed E-state index contributed by atoms with van der Waals surface area (Å²) in [6.07, 6.45) is 0. The van der Waals surface area contributed by atoms with Crippen LogP contribution in [0.3, 0.4) is 0 Å². The lowest BCUT2D eigenvalue weighted by atomic mass is 10.1. The highest BCUT2D eigenvalue weighted by molar-refractivity contribution is 5.85. The van der Waals surface area contributed by atoms with Crippen LogP contribution in [-0.4, -0.2) is 60.7 Å². The molecule has 0 radical (unpaired) electrons. The first-order valence-electron chi connectivity index (χ1n) is 11.2. The number of hydrogen-bond acceptors (Lipinski definition) is 6. The van der Waals surface area contributed by atoms with Gasteiger partial charge in [0, 0.05) is 32.7 Å². The summed E-state index contributed by atoms with van der Waals surface area (Å²) in [6, 6.07) is 20.2. The maximum Gasteiger partial charge on any atom is 0.157 e. The summed E-state index contributed by atoms with van der Waals surface area (Å²) < 4.78 is 13.2. The molecule has 3 heterocycles. The van der Waals surface area contributed by atoms with E-state index in [2.05, 4.69) is 32.4 Å². The molecule has 0 saturated carbocycles. The van der Waals surface area contributed by atoms with E-state index in [1.54, 1.807) is 7.11 Å². The molecule has 7 nitrogen and oxygen atoms in total. The van der Waals surface area contributed by atoms with Crippen molar-refractivity contribution in [2.24, 2.45) is 0 Å². The van der Waals surface area contributed by atoms with Crippen LogP contribution in [0.1, 0.15) is 11.1 Å². The van der Waals surface area contributed by atoms with Crippen molar-refractivity contribution in [2.45, 2.75) is 6.92 Å². The Bertz CT molecular complexity index is 1310. The van der Waals surface area contributed by atoms with Gasteiger partial charge in [0.2, 0.25) is 0 Å². The molecule has 0 spiro atoms. The molecule has 7 heteroatoms. The van der Waals surface area contributed by atoms with Gasteiger partial charge in [-0.05, 0) is 55.0 Å². The molecule has 0 bridgehead atoms. The van der Waals surface area contributed by atoms with Gasteiger partial charge in [-0.1, -0.05) is 12.1 Å². The summed E-state index contributed by atoms with van der Waals surface area (Å²) in [6.45, 7) is 7.27. The molecule has 0 N–H and O–H groups in total. The molecule has 168 valence electrons. The maximum absolute atomic E-state index is 9.73. The summed E-state index contributed by atoms with van der Waals surface area (Å²) in [5.74, 6) is 2.79. The van der Waals surface area contributed by atoms with Crippen molar-refractivity contribution in [2.75, 3.05) is 51.3 Å². The Morgan fingerprint density at radius 3 is 2.45 bits per heavy atom. The number of nitrogens with zero attached hydrogens (tertiary/aromatic N) is 5.